The monoisotopic (exact) mass is 1860 g/mol. The van der Waals surface area contributed by atoms with E-state index in [-0.39, 0.29) is 0 Å². The first-order chi connectivity index (χ1) is 71.8. The zero-order chi connectivity index (χ0) is 95.8. The molecule has 0 radical (unpaired) electrons. The van der Waals surface area contributed by atoms with Gasteiger partial charge in [0, 0.05) is 116 Å². The third kappa shape index (κ3) is 15.8. The molecule has 0 aliphatic rings. The van der Waals surface area contributed by atoms with E-state index in [2.05, 4.69) is 470 Å². The summed E-state index contributed by atoms with van der Waals surface area (Å²) < 4.78 is 36.4. The van der Waals surface area contributed by atoms with Crippen LogP contribution in [-0.4, -0.2) is 0 Å². The van der Waals surface area contributed by atoms with E-state index in [1.54, 1.807) is 0 Å². The van der Waals surface area contributed by atoms with Crippen molar-refractivity contribution in [2.75, 3.05) is 14.7 Å². The molecule has 0 bridgehead atoms. The highest BCUT2D eigenvalue weighted by atomic mass is 16.3. The smallest absolute Gasteiger partial charge is 0.135 e. The molecule has 0 N–H and O–H groups in total. The van der Waals surface area contributed by atoms with E-state index in [9.17, 15) is 0 Å². The molecular weight excluding hydrogens is 1770 g/mol. The van der Waals surface area contributed by atoms with Gasteiger partial charge in [-0.3, -0.25) is 0 Å². The minimum Gasteiger partial charge on any atom is -0.456 e. The number of hydrogen-bond donors (Lipinski definition) is 0. The normalized spacial score (nSPS) is 11.6. The molecule has 0 saturated heterocycles. The molecule has 23 aromatic carbocycles. The molecule has 0 atom stereocenters. The Kier molecular flexibility index (Phi) is 21.1. The Labute approximate surface area is 834 Å². The van der Waals surface area contributed by atoms with Crippen molar-refractivity contribution in [2.45, 2.75) is 0 Å². The summed E-state index contributed by atoms with van der Waals surface area (Å²) in [5.41, 5.74) is 37.1. The summed E-state index contributed by atoms with van der Waals surface area (Å²) in [7, 11) is 0. The van der Waals surface area contributed by atoms with Crippen molar-refractivity contribution in [2.24, 2.45) is 0 Å². The van der Waals surface area contributed by atoms with E-state index in [1.165, 1.54) is 33.0 Å². The van der Waals surface area contributed by atoms with Crippen molar-refractivity contribution >= 4 is 194 Å². The van der Waals surface area contributed by atoms with Crippen molar-refractivity contribution < 1.29 is 26.5 Å². The molecule has 0 saturated carbocycles. The van der Waals surface area contributed by atoms with Gasteiger partial charge in [-0.1, -0.05) is 315 Å². The van der Waals surface area contributed by atoms with E-state index in [1.807, 2.05) is 72.8 Å². The quantitative estimate of drug-likeness (QED) is 0.0938. The van der Waals surface area contributed by atoms with Gasteiger partial charge in [0.1, 0.15) is 67.0 Å². The van der Waals surface area contributed by atoms with E-state index in [4.69, 9.17) is 26.5 Å². The third-order valence-electron chi connectivity index (χ3n) is 28.3. The average molecular weight is 1860 g/mol. The standard InChI is InChI=1S/C48H31NO2.C46H29NO2.C42H27NO2/c1-2-8-32(9-3-1)33-14-22-38(23-15-33)49(39-24-16-34(17-25-39)36-20-28-47-43(30-36)41-10-4-6-12-45(41)50-47)40-26-18-35(19-27-40)37-21-29-48-44(31-37)42-11-5-7-13-46(42)51-48;1-2-10-37-32(8-1)9-7-13-42(37)47(35-22-16-30(17-23-35)33-20-26-45-40(28-33)38-11-3-5-14-43(38)48-45)36-24-18-31(19-25-36)34-21-27-46-41(29-34)39-12-4-6-15-44(39)49-46;1-2-8-32(9-3-1)43(33-20-14-28(15-21-33)30-18-24-41-37(26-30)35-10-4-6-12-39(35)44-41)34-22-16-29(17-23-34)31-19-25-42-38(27-31)36-11-5-7-13-40(36)45-42/h1-31H;1-29H;1-27H. The number of rotatable bonds is 16. The fourth-order valence-corrected chi connectivity index (χ4v) is 21.0. The molecule has 29 rings (SSSR count). The van der Waals surface area contributed by atoms with Crippen molar-refractivity contribution in [3.8, 4) is 77.9 Å². The minimum atomic E-state index is 0.906. The highest BCUT2D eigenvalue weighted by molar-refractivity contribution is 6.12. The van der Waals surface area contributed by atoms with Gasteiger partial charge in [0.25, 0.3) is 0 Å². The second kappa shape index (κ2) is 36.1. The predicted molar refractivity (Wildman–Crippen MR) is 603 cm³/mol. The Morgan fingerprint density at radius 1 is 0.103 bits per heavy atom. The molecule has 0 fully saturated rings. The summed E-state index contributed by atoms with van der Waals surface area (Å²) in [6.45, 7) is 0. The largest absolute Gasteiger partial charge is 0.456 e. The predicted octanol–water partition coefficient (Wildman–Crippen LogP) is 39.7. The van der Waals surface area contributed by atoms with Gasteiger partial charge in [0.05, 0.1) is 5.69 Å². The summed E-state index contributed by atoms with van der Waals surface area (Å²) in [5, 5.41) is 16.0. The molecule has 145 heavy (non-hydrogen) atoms. The van der Waals surface area contributed by atoms with Crippen molar-refractivity contribution in [3.05, 3.63) is 528 Å². The van der Waals surface area contributed by atoms with E-state index in [0.717, 1.165) is 238 Å². The van der Waals surface area contributed by atoms with E-state index < -0.39 is 0 Å². The van der Waals surface area contributed by atoms with Gasteiger partial charge in [0.2, 0.25) is 0 Å². The molecule has 0 amide bonds. The summed E-state index contributed by atoms with van der Waals surface area (Å²) in [6, 6.07) is 186. The molecule has 0 aliphatic heterocycles. The van der Waals surface area contributed by atoms with E-state index in [0.29, 0.717) is 0 Å². The van der Waals surface area contributed by atoms with Crippen LogP contribution < -0.4 is 14.7 Å². The van der Waals surface area contributed by atoms with Crippen molar-refractivity contribution in [3.63, 3.8) is 0 Å². The number of benzene rings is 23. The molecule has 0 aliphatic carbocycles. The van der Waals surface area contributed by atoms with Crippen molar-refractivity contribution in [1.29, 1.82) is 0 Å². The van der Waals surface area contributed by atoms with Crippen LogP contribution in [0.1, 0.15) is 0 Å². The lowest BCUT2D eigenvalue weighted by atomic mass is 10.0. The Morgan fingerprint density at radius 3 is 0.531 bits per heavy atom. The number of furan rings is 6. The maximum absolute atomic E-state index is 6.09. The van der Waals surface area contributed by atoms with Gasteiger partial charge in [0.15, 0.2) is 0 Å². The van der Waals surface area contributed by atoms with Crippen LogP contribution in [0.3, 0.4) is 0 Å². The van der Waals surface area contributed by atoms with Crippen LogP contribution in [0, 0.1) is 0 Å². The summed E-state index contributed by atoms with van der Waals surface area (Å²) in [4.78, 5) is 6.98. The zero-order valence-corrected chi connectivity index (χ0v) is 78.5. The Balaban J connectivity index is 0.000000108. The first kappa shape index (κ1) is 84.8. The number of nitrogens with zero attached hydrogens (tertiary/aromatic N) is 3. The number of anilines is 9. The maximum atomic E-state index is 6.09. The van der Waals surface area contributed by atoms with Crippen LogP contribution >= 0.6 is 0 Å². The van der Waals surface area contributed by atoms with Gasteiger partial charge in [-0.2, -0.15) is 0 Å². The van der Waals surface area contributed by atoms with E-state index >= 15 is 0 Å². The van der Waals surface area contributed by atoms with Gasteiger partial charge < -0.3 is 41.2 Å². The summed E-state index contributed by atoms with van der Waals surface area (Å²) in [6.07, 6.45) is 0. The first-order valence-electron chi connectivity index (χ1n) is 49.0. The van der Waals surface area contributed by atoms with Crippen LogP contribution in [0.15, 0.2) is 554 Å². The van der Waals surface area contributed by atoms with Gasteiger partial charge in [-0.25, -0.2) is 0 Å². The molecule has 0 spiro atoms. The fraction of sp³-hybridized carbons (Fsp3) is 0. The summed E-state index contributed by atoms with van der Waals surface area (Å²) in [5.74, 6) is 0. The van der Waals surface area contributed by atoms with Crippen LogP contribution in [0.4, 0.5) is 51.2 Å². The Bertz CT molecular complexity index is 9450. The Hall–Kier alpha value is -19.5. The number of fused-ring (bicyclic) bond motifs is 19. The second-order valence-electron chi connectivity index (χ2n) is 36.9. The molecule has 6 aromatic heterocycles. The zero-order valence-electron chi connectivity index (χ0n) is 78.5. The van der Waals surface area contributed by atoms with Crippen LogP contribution in [0.2, 0.25) is 0 Å². The van der Waals surface area contributed by atoms with Crippen LogP contribution in [0.25, 0.3) is 220 Å². The molecule has 29 aromatic rings. The summed E-state index contributed by atoms with van der Waals surface area (Å²) >= 11 is 0. The third-order valence-corrected chi connectivity index (χ3v) is 28.3. The first-order valence-corrected chi connectivity index (χ1v) is 49.0. The number of para-hydroxylation sites is 7. The van der Waals surface area contributed by atoms with Crippen LogP contribution in [-0.2, 0) is 0 Å². The fourth-order valence-electron chi connectivity index (χ4n) is 21.0. The lowest BCUT2D eigenvalue weighted by molar-refractivity contribution is 0.668. The van der Waals surface area contributed by atoms with Gasteiger partial charge in [-0.15, -0.1) is 0 Å². The Morgan fingerprint density at radius 2 is 0.276 bits per heavy atom. The average Bonchev–Trinajstić information content (AvgIpc) is 1.71. The number of hydrogen-bond acceptors (Lipinski definition) is 9. The lowest BCUT2D eigenvalue weighted by Gasteiger charge is -2.27. The van der Waals surface area contributed by atoms with Crippen molar-refractivity contribution in [1.82, 2.24) is 0 Å². The molecule has 9 nitrogen and oxygen atoms in total. The highest BCUT2D eigenvalue weighted by Gasteiger charge is 2.23. The molecule has 6 heterocycles. The second-order valence-corrected chi connectivity index (χ2v) is 36.9. The van der Waals surface area contributed by atoms with Crippen LogP contribution in [0.5, 0.6) is 0 Å². The molecule has 0 unspecified atom stereocenters. The minimum absolute atomic E-state index is 0.906. The maximum Gasteiger partial charge on any atom is 0.135 e. The lowest BCUT2D eigenvalue weighted by Crippen LogP contribution is -2.10. The van der Waals surface area contributed by atoms with Gasteiger partial charge >= 0.3 is 0 Å². The topological polar surface area (TPSA) is 88.6 Å². The molecular formula is C136H87N3O6. The molecule has 682 valence electrons. The SMILES string of the molecule is c1ccc(-c2ccc(N(c3ccc(-c4ccc5oc6ccccc6c5c4)cc3)c3ccc(-c4ccc5oc6ccccc6c5c4)cc3)cc2)cc1.c1ccc(N(c2ccc(-c3ccc4oc5ccccc5c4c3)cc2)c2ccc(-c3ccc4oc5ccccc5c4c3)cc2)cc1.c1ccc2c(N(c3ccc(-c4ccc5oc6ccccc6c5c4)cc3)c3ccc(-c4ccc5oc6ccccc6c5c4)cc3)cccc2c1. The highest BCUT2D eigenvalue weighted by Crippen LogP contribution is 2.47. The van der Waals surface area contributed by atoms with Gasteiger partial charge in [-0.05, 0) is 296 Å². The molecule has 9 heteroatoms.